The lowest BCUT2D eigenvalue weighted by Gasteiger charge is -2.22. The van der Waals surface area contributed by atoms with Crippen LogP contribution in [0.5, 0.6) is 0 Å². The van der Waals surface area contributed by atoms with E-state index in [1.807, 2.05) is 10.9 Å². The summed E-state index contributed by atoms with van der Waals surface area (Å²) in [5, 5.41) is 13.9. The quantitative estimate of drug-likeness (QED) is 0.825. The summed E-state index contributed by atoms with van der Waals surface area (Å²) in [6, 6.07) is 0. The highest BCUT2D eigenvalue weighted by molar-refractivity contribution is 5.08. The van der Waals surface area contributed by atoms with E-state index >= 15 is 0 Å². The summed E-state index contributed by atoms with van der Waals surface area (Å²) in [7, 11) is 0. The molecule has 3 nitrogen and oxygen atoms in total. The number of nitrogens with zero attached hydrogens (tertiary/aromatic N) is 2. The third kappa shape index (κ3) is 2.40. The molecule has 15 heavy (non-hydrogen) atoms. The van der Waals surface area contributed by atoms with E-state index in [2.05, 4.69) is 25.1 Å². The van der Waals surface area contributed by atoms with Crippen molar-refractivity contribution in [2.75, 3.05) is 0 Å². The van der Waals surface area contributed by atoms with Crippen LogP contribution in [0.15, 0.2) is 12.4 Å². The maximum atomic E-state index is 9.57. The average Bonchev–Trinajstić information content (AvgIpc) is 2.74. The van der Waals surface area contributed by atoms with Gasteiger partial charge < -0.3 is 5.11 Å². The zero-order valence-electron chi connectivity index (χ0n) is 9.61. The van der Waals surface area contributed by atoms with Crippen molar-refractivity contribution in [3.05, 3.63) is 18.0 Å². The fourth-order valence-electron chi connectivity index (χ4n) is 2.61. The van der Waals surface area contributed by atoms with Crippen molar-refractivity contribution in [3.8, 4) is 0 Å². The molecule has 0 bridgehead atoms. The molecule has 1 saturated carbocycles. The monoisotopic (exact) mass is 208 g/mol. The predicted octanol–water partition coefficient (Wildman–Crippen LogP) is 2.00. The SMILES string of the molecule is CCn1cc(CC2(C)CCC(O)C2)cn1. The second-order valence-electron chi connectivity index (χ2n) is 5.09. The van der Waals surface area contributed by atoms with Crippen LogP contribution in [0.2, 0.25) is 0 Å². The third-order valence-electron chi connectivity index (χ3n) is 3.45. The molecule has 2 atom stereocenters. The summed E-state index contributed by atoms with van der Waals surface area (Å²) < 4.78 is 1.96. The molecular formula is C12H20N2O. The van der Waals surface area contributed by atoms with Crippen LogP contribution >= 0.6 is 0 Å². The molecule has 0 spiro atoms. The van der Waals surface area contributed by atoms with Gasteiger partial charge in [-0.05, 0) is 43.6 Å². The van der Waals surface area contributed by atoms with Crippen LogP contribution in [0.1, 0.15) is 38.7 Å². The highest BCUT2D eigenvalue weighted by atomic mass is 16.3. The molecule has 1 aliphatic carbocycles. The van der Waals surface area contributed by atoms with Gasteiger partial charge in [-0.25, -0.2) is 0 Å². The smallest absolute Gasteiger partial charge is 0.0545 e. The Hall–Kier alpha value is -0.830. The van der Waals surface area contributed by atoms with Crippen molar-refractivity contribution in [3.63, 3.8) is 0 Å². The lowest BCUT2D eigenvalue weighted by molar-refractivity contribution is 0.163. The van der Waals surface area contributed by atoms with Crippen molar-refractivity contribution in [1.82, 2.24) is 9.78 Å². The van der Waals surface area contributed by atoms with Gasteiger partial charge in [0, 0.05) is 12.7 Å². The summed E-state index contributed by atoms with van der Waals surface area (Å²) >= 11 is 0. The van der Waals surface area contributed by atoms with Crippen LogP contribution in [0, 0.1) is 5.41 Å². The van der Waals surface area contributed by atoms with Gasteiger partial charge in [0.2, 0.25) is 0 Å². The normalized spacial score (nSPS) is 31.0. The molecule has 84 valence electrons. The number of rotatable bonds is 3. The minimum atomic E-state index is -0.0868. The van der Waals surface area contributed by atoms with Crippen LogP contribution in [0.3, 0.4) is 0 Å². The van der Waals surface area contributed by atoms with Crippen molar-refractivity contribution in [1.29, 1.82) is 0 Å². The molecule has 2 rings (SSSR count). The zero-order chi connectivity index (χ0) is 10.9. The Labute approximate surface area is 91.1 Å². The average molecular weight is 208 g/mol. The first-order valence-corrected chi connectivity index (χ1v) is 5.81. The molecule has 1 aromatic rings. The summed E-state index contributed by atoms with van der Waals surface area (Å²) in [5.41, 5.74) is 1.58. The van der Waals surface area contributed by atoms with Crippen molar-refractivity contribution >= 4 is 0 Å². The second kappa shape index (κ2) is 3.97. The number of aryl methyl sites for hydroxylation is 1. The highest BCUT2D eigenvalue weighted by Crippen LogP contribution is 2.40. The van der Waals surface area contributed by atoms with Crippen LogP contribution in [0.25, 0.3) is 0 Å². The largest absolute Gasteiger partial charge is 0.393 e. The van der Waals surface area contributed by atoms with E-state index in [9.17, 15) is 5.11 Å². The van der Waals surface area contributed by atoms with E-state index in [4.69, 9.17) is 0 Å². The van der Waals surface area contributed by atoms with Gasteiger partial charge in [-0.15, -0.1) is 0 Å². The van der Waals surface area contributed by atoms with E-state index in [0.717, 1.165) is 32.2 Å². The fourth-order valence-corrected chi connectivity index (χ4v) is 2.61. The zero-order valence-corrected chi connectivity index (χ0v) is 9.61. The molecular weight excluding hydrogens is 188 g/mol. The Morgan fingerprint density at radius 1 is 1.67 bits per heavy atom. The number of aromatic nitrogens is 2. The van der Waals surface area contributed by atoms with Crippen LogP contribution in [-0.2, 0) is 13.0 Å². The molecule has 0 radical (unpaired) electrons. The van der Waals surface area contributed by atoms with Gasteiger partial charge >= 0.3 is 0 Å². The fraction of sp³-hybridized carbons (Fsp3) is 0.750. The lowest BCUT2D eigenvalue weighted by atomic mass is 9.83. The molecule has 0 amide bonds. The standard InChI is InChI=1S/C12H20N2O/c1-3-14-9-10(8-13-14)6-12(2)5-4-11(15)7-12/h8-9,11,15H,3-7H2,1-2H3. The third-order valence-corrected chi connectivity index (χ3v) is 3.45. The number of hydrogen-bond acceptors (Lipinski definition) is 2. The van der Waals surface area contributed by atoms with Gasteiger partial charge in [-0.3, -0.25) is 4.68 Å². The summed E-state index contributed by atoms with van der Waals surface area (Å²) in [4.78, 5) is 0. The van der Waals surface area contributed by atoms with E-state index in [1.165, 1.54) is 5.56 Å². The Kier molecular flexibility index (Phi) is 2.83. The van der Waals surface area contributed by atoms with Gasteiger partial charge in [-0.2, -0.15) is 5.10 Å². The minimum absolute atomic E-state index is 0.0868. The number of aliphatic hydroxyl groups is 1. The topological polar surface area (TPSA) is 38.0 Å². The lowest BCUT2D eigenvalue weighted by Crippen LogP contribution is -2.16. The van der Waals surface area contributed by atoms with Crippen LogP contribution in [-0.4, -0.2) is 21.0 Å². The van der Waals surface area contributed by atoms with Crippen molar-refractivity contribution in [2.45, 2.75) is 52.2 Å². The Bertz CT molecular complexity index is 334. The van der Waals surface area contributed by atoms with E-state index in [1.54, 1.807) is 0 Å². The summed E-state index contributed by atoms with van der Waals surface area (Å²) in [6.45, 7) is 5.30. The summed E-state index contributed by atoms with van der Waals surface area (Å²) in [6.07, 6.45) is 8.06. The van der Waals surface area contributed by atoms with E-state index < -0.39 is 0 Å². The Morgan fingerprint density at radius 3 is 3.00 bits per heavy atom. The van der Waals surface area contributed by atoms with E-state index in [-0.39, 0.29) is 11.5 Å². The van der Waals surface area contributed by atoms with Gasteiger partial charge in [0.25, 0.3) is 0 Å². The van der Waals surface area contributed by atoms with E-state index in [0.29, 0.717) is 0 Å². The van der Waals surface area contributed by atoms with Gasteiger partial charge in [0.05, 0.1) is 12.3 Å². The second-order valence-corrected chi connectivity index (χ2v) is 5.09. The molecule has 1 N–H and O–H groups in total. The van der Waals surface area contributed by atoms with Crippen LogP contribution < -0.4 is 0 Å². The maximum Gasteiger partial charge on any atom is 0.0545 e. The number of aliphatic hydroxyl groups excluding tert-OH is 1. The maximum absolute atomic E-state index is 9.57. The number of hydrogen-bond donors (Lipinski definition) is 1. The van der Waals surface area contributed by atoms with Gasteiger partial charge in [-0.1, -0.05) is 6.92 Å². The molecule has 0 aliphatic heterocycles. The molecule has 1 aliphatic rings. The Balaban J connectivity index is 2.02. The first-order chi connectivity index (χ1) is 7.11. The minimum Gasteiger partial charge on any atom is -0.393 e. The molecule has 2 unspecified atom stereocenters. The Morgan fingerprint density at radius 2 is 2.47 bits per heavy atom. The predicted molar refractivity (Wildman–Crippen MR) is 59.6 cm³/mol. The molecule has 1 aromatic heterocycles. The van der Waals surface area contributed by atoms with Gasteiger partial charge in [0.15, 0.2) is 0 Å². The molecule has 1 heterocycles. The van der Waals surface area contributed by atoms with Gasteiger partial charge in [0.1, 0.15) is 0 Å². The van der Waals surface area contributed by atoms with Crippen molar-refractivity contribution < 1.29 is 5.11 Å². The molecule has 0 aromatic carbocycles. The molecule has 0 saturated heterocycles. The molecule has 3 heteroatoms. The van der Waals surface area contributed by atoms with Crippen molar-refractivity contribution in [2.24, 2.45) is 5.41 Å². The molecule has 1 fully saturated rings. The first kappa shape index (κ1) is 10.7. The van der Waals surface area contributed by atoms with Crippen LogP contribution in [0.4, 0.5) is 0 Å². The summed E-state index contributed by atoms with van der Waals surface area (Å²) in [5.74, 6) is 0. The first-order valence-electron chi connectivity index (χ1n) is 5.81. The highest BCUT2D eigenvalue weighted by Gasteiger charge is 2.34.